The molecule has 1 aromatic heterocycles. The number of ether oxygens (including phenoxy) is 1. The average Bonchev–Trinajstić information content (AvgIpc) is 3.06. The molecule has 5 atom stereocenters. The van der Waals surface area contributed by atoms with Gasteiger partial charge in [-0.05, 0) is 12.5 Å². The van der Waals surface area contributed by atoms with E-state index in [0.29, 0.717) is 11.7 Å². The predicted octanol–water partition coefficient (Wildman–Crippen LogP) is 0.357. The molecule has 10 nitrogen and oxygen atoms in total. The lowest BCUT2D eigenvalue weighted by molar-refractivity contribution is -0.384. The SMILES string of the molecule is Cc1nc(NCc2ccc([N+](=O)[O-])cc2)sc1C[C@@H]1O[C@H](CO)[C@H](O)[C@H](O)[C@H]1O. The van der Waals surface area contributed by atoms with Crippen molar-refractivity contribution in [3.63, 3.8) is 0 Å². The Balaban J connectivity index is 1.63. The van der Waals surface area contributed by atoms with Gasteiger partial charge in [0.25, 0.3) is 5.69 Å². The fourth-order valence-corrected chi connectivity index (χ4v) is 4.14. The van der Waals surface area contributed by atoms with Gasteiger partial charge in [-0.25, -0.2) is 4.98 Å². The lowest BCUT2D eigenvalue weighted by Crippen LogP contribution is -2.58. The topological polar surface area (TPSA) is 158 Å². The highest BCUT2D eigenvalue weighted by atomic mass is 32.1. The first kappa shape index (κ1) is 21.6. The zero-order valence-electron chi connectivity index (χ0n) is 15.6. The van der Waals surface area contributed by atoms with E-state index in [9.17, 15) is 30.5 Å². The second-order valence-electron chi connectivity index (χ2n) is 6.88. The first-order chi connectivity index (χ1) is 13.8. The number of benzene rings is 1. The van der Waals surface area contributed by atoms with Gasteiger partial charge in [0, 0.05) is 30.0 Å². The number of nitrogens with zero attached hydrogens (tertiary/aromatic N) is 2. The molecule has 1 saturated heterocycles. The van der Waals surface area contributed by atoms with Crippen LogP contribution >= 0.6 is 11.3 Å². The number of nitro groups is 1. The number of thiazole rings is 1. The largest absolute Gasteiger partial charge is 0.394 e. The second-order valence-corrected chi connectivity index (χ2v) is 7.96. The van der Waals surface area contributed by atoms with Crippen molar-refractivity contribution in [3.05, 3.63) is 50.5 Å². The third kappa shape index (κ3) is 4.89. The number of hydrogen-bond acceptors (Lipinski definition) is 10. The molecule has 2 heterocycles. The molecule has 5 N–H and O–H groups in total. The highest BCUT2D eigenvalue weighted by Gasteiger charge is 2.43. The smallest absolute Gasteiger partial charge is 0.269 e. The Hall–Kier alpha value is -2.15. The Morgan fingerprint density at radius 3 is 2.45 bits per heavy atom. The van der Waals surface area contributed by atoms with Gasteiger partial charge in [0.15, 0.2) is 5.13 Å². The molecular formula is C18H23N3O7S. The molecule has 158 valence electrons. The van der Waals surface area contributed by atoms with Crippen LogP contribution in [0.1, 0.15) is 16.1 Å². The summed E-state index contributed by atoms with van der Waals surface area (Å²) in [4.78, 5) is 15.5. The molecule has 0 unspecified atom stereocenters. The monoisotopic (exact) mass is 425 g/mol. The fraction of sp³-hybridized carbons (Fsp3) is 0.500. The van der Waals surface area contributed by atoms with Crippen molar-refractivity contribution in [2.45, 2.75) is 50.4 Å². The molecule has 0 radical (unpaired) electrons. The molecule has 29 heavy (non-hydrogen) atoms. The van der Waals surface area contributed by atoms with Crippen LogP contribution in [0.3, 0.4) is 0 Å². The van der Waals surface area contributed by atoms with Crippen LogP contribution < -0.4 is 5.32 Å². The van der Waals surface area contributed by atoms with Gasteiger partial charge < -0.3 is 30.5 Å². The lowest BCUT2D eigenvalue weighted by atomic mass is 9.93. The van der Waals surface area contributed by atoms with E-state index in [0.717, 1.165) is 16.1 Å². The van der Waals surface area contributed by atoms with E-state index in [1.807, 2.05) is 6.92 Å². The minimum Gasteiger partial charge on any atom is -0.394 e. The first-order valence-electron chi connectivity index (χ1n) is 9.04. The summed E-state index contributed by atoms with van der Waals surface area (Å²) >= 11 is 1.37. The van der Waals surface area contributed by atoms with E-state index in [1.54, 1.807) is 12.1 Å². The molecule has 2 aromatic rings. The molecule has 1 aliphatic heterocycles. The predicted molar refractivity (Wildman–Crippen MR) is 105 cm³/mol. The second kappa shape index (κ2) is 9.11. The van der Waals surface area contributed by atoms with Crippen LogP contribution in [0.5, 0.6) is 0 Å². The standard InChI is InChI=1S/C18H23N3O7S/c1-9-14(6-12-15(23)17(25)16(24)13(8-22)28-12)29-18(20-9)19-7-10-2-4-11(5-3-10)21(26)27/h2-5,12-13,15-17,22-25H,6-8H2,1H3,(H,19,20)/t12-,13+,15-,16-,17+/m0/s1. The summed E-state index contributed by atoms with van der Waals surface area (Å²) in [7, 11) is 0. The molecule has 0 saturated carbocycles. The quantitative estimate of drug-likeness (QED) is 0.312. The molecule has 1 aliphatic rings. The summed E-state index contributed by atoms with van der Waals surface area (Å²) in [6.45, 7) is 1.78. The summed E-state index contributed by atoms with van der Waals surface area (Å²) in [5.41, 5.74) is 1.62. The van der Waals surface area contributed by atoms with Crippen molar-refractivity contribution >= 4 is 22.2 Å². The Morgan fingerprint density at radius 1 is 1.17 bits per heavy atom. The first-order valence-corrected chi connectivity index (χ1v) is 9.85. The van der Waals surface area contributed by atoms with Crippen molar-refractivity contribution < 1.29 is 30.1 Å². The third-order valence-corrected chi connectivity index (χ3v) is 6.00. The number of aliphatic hydroxyl groups is 4. The highest BCUT2D eigenvalue weighted by Crippen LogP contribution is 2.29. The van der Waals surface area contributed by atoms with Gasteiger partial charge >= 0.3 is 0 Å². The molecule has 0 amide bonds. The Labute approximate surface area is 170 Å². The molecule has 11 heteroatoms. The normalized spacial score (nSPS) is 27.0. The van der Waals surface area contributed by atoms with Crippen LogP contribution in [0.4, 0.5) is 10.8 Å². The molecule has 0 bridgehead atoms. The number of rotatable bonds is 7. The van der Waals surface area contributed by atoms with E-state index in [4.69, 9.17) is 4.74 Å². The Bertz CT molecular complexity index is 842. The Morgan fingerprint density at radius 2 is 1.83 bits per heavy atom. The van der Waals surface area contributed by atoms with Gasteiger partial charge in [-0.1, -0.05) is 12.1 Å². The van der Waals surface area contributed by atoms with E-state index in [1.165, 1.54) is 23.5 Å². The number of aromatic nitrogens is 1. The minimum absolute atomic E-state index is 0.0284. The van der Waals surface area contributed by atoms with Crippen molar-refractivity contribution in [2.75, 3.05) is 11.9 Å². The maximum absolute atomic E-state index is 10.7. The summed E-state index contributed by atoms with van der Waals surface area (Å²) < 4.78 is 5.55. The molecular weight excluding hydrogens is 402 g/mol. The summed E-state index contributed by atoms with van der Waals surface area (Å²) in [6, 6.07) is 6.21. The summed E-state index contributed by atoms with van der Waals surface area (Å²) in [5.74, 6) is 0. The zero-order chi connectivity index (χ0) is 21.1. The van der Waals surface area contributed by atoms with Gasteiger partial charge in [-0.3, -0.25) is 10.1 Å². The summed E-state index contributed by atoms with van der Waals surface area (Å²) in [6.07, 6.45) is -5.53. The number of hydrogen-bond donors (Lipinski definition) is 5. The lowest BCUT2D eigenvalue weighted by Gasteiger charge is -2.40. The van der Waals surface area contributed by atoms with E-state index < -0.39 is 42.1 Å². The van der Waals surface area contributed by atoms with E-state index in [-0.39, 0.29) is 12.1 Å². The van der Waals surface area contributed by atoms with Crippen LogP contribution in [0.25, 0.3) is 0 Å². The van der Waals surface area contributed by atoms with E-state index >= 15 is 0 Å². The van der Waals surface area contributed by atoms with Gasteiger partial charge in [-0.15, -0.1) is 11.3 Å². The molecule has 0 spiro atoms. The maximum Gasteiger partial charge on any atom is 0.269 e. The number of aliphatic hydroxyl groups excluding tert-OH is 4. The van der Waals surface area contributed by atoms with Gasteiger partial charge in [-0.2, -0.15) is 0 Å². The number of nitrogens with one attached hydrogen (secondary N) is 1. The molecule has 1 aromatic carbocycles. The zero-order valence-corrected chi connectivity index (χ0v) is 16.5. The molecule has 0 aliphatic carbocycles. The van der Waals surface area contributed by atoms with Crippen molar-refractivity contribution in [1.82, 2.24) is 4.98 Å². The fourth-order valence-electron chi connectivity index (χ4n) is 3.14. The number of nitro benzene ring substituents is 1. The van der Waals surface area contributed by atoms with Crippen molar-refractivity contribution in [3.8, 4) is 0 Å². The number of aryl methyl sites for hydroxylation is 1. The van der Waals surface area contributed by atoms with Gasteiger partial charge in [0.2, 0.25) is 0 Å². The summed E-state index contributed by atoms with van der Waals surface area (Å²) in [5, 5.41) is 53.8. The van der Waals surface area contributed by atoms with Crippen LogP contribution in [0.2, 0.25) is 0 Å². The number of non-ortho nitro benzene ring substituents is 1. The van der Waals surface area contributed by atoms with Crippen molar-refractivity contribution in [2.24, 2.45) is 0 Å². The van der Waals surface area contributed by atoms with Crippen LogP contribution in [-0.2, 0) is 17.7 Å². The molecule has 3 rings (SSSR count). The van der Waals surface area contributed by atoms with Gasteiger partial charge in [0.05, 0.1) is 23.3 Å². The van der Waals surface area contributed by atoms with Crippen LogP contribution in [0, 0.1) is 17.0 Å². The van der Waals surface area contributed by atoms with Crippen LogP contribution in [0.15, 0.2) is 24.3 Å². The average molecular weight is 425 g/mol. The van der Waals surface area contributed by atoms with Crippen LogP contribution in [-0.4, -0.2) is 67.5 Å². The maximum atomic E-state index is 10.7. The third-order valence-electron chi connectivity index (χ3n) is 4.86. The van der Waals surface area contributed by atoms with E-state index in [2.05, 4.69) is 10.3 Å². The highest BCUT2D eigenvalue weighted by molar-refractivity contribution is 7.15. The Kier molecular flexibility index (Phi) is 6.77. The van der Waals surface area contributed by atoms with Crippen molar-refractivity contribution in [1.29, 1.82) is 0 Å². The minimum atomic E-state index is -1.40. The molecule has 1 fully saturated rings. The number of anilines is 1. The van der Waals surface area contributed by atoms with Gasteiger partial charge in [0.1, 0.15) is 24.4 Å².